The van der Waals surface area contributed by atoms with E-state index < -0.39 is 18.9 Å². The van der Waals surface area contributed by atoms with Crippen molar-refractivity contribution in [3.63, 3.8) is 0 Å². The number of nitrogens with two attached hydrogens (primary N) is 1. The van der Waals surface area contributed by atoms with Crippen LogP contribution in [0.2, 0.25) is 5.22 Å². The number of alkyl halides is 2. The van der Waals surface area contributed by atoms with Gasteiger partial charge in [0.25, 0.3) is 0 Å². The number of rotatable bonds is 3. The summed E-state index contributed by atoms with van der Waals surface area (Å²) in [4.78, 5) is 0. The van der Waals surface area contributed by atoms with Gasteiger partial charge in [0.2, 0.25) is 6.43 Å². The molecule has 1 heterocycles. The standard InChI is InChI=1S/C7H8ClF2NO.ClH/c8-6-2-1-5(12-6)4(11)3-7(9)10;/h1-2,4,7H,3,11H2;1H/t4-;/m1./s1. The molecule has 0 aliphatic heterocycles. The summed E-state index contributed by atoms with van der Waals surface area (Å²) in [6.45, 7) is 0. The van der Waals surface area contributed by atoms with Gasteiger partial charge in [0.15, 0.2) is 5.22 Å². The average Bonchev–Trinajstić information content (AvgIpc) is 2.34. The molecule has 0 fully saturated rings. The molecule has 2 nitrogen and oxygen atoms in total. The van der Waals surface area contributed by atoms with Crippen LogP contribution in [0.5, 0.6) is 0 Å². The van der Waals surface area contributed by atoms with Crippen molar-refractivity contribution in [1.29, 1.82) is 0 Å². The Morgan fingerprint density at radius 1 is 1.46 bits per heavy atom. The van der Waals surface area contributed by atoms with E-state index in [0.717, 1.165) is 0 Å². The second kappa shape index (κ2) is 5.42. The summed E-state index contributed by atoms with van der Waals surface area (Å²) in [5.74, 6) is 0.292. The van der Waals surface area contributed by atoms with Crippen LogP contribution in [0.4, 0.5) is 8.78 Å². The highest BCUT2D eigenvalue weighted by Gasteiger charge is 2.15. The Kier molecular flexibility index (Phi) is 5.29. The molecule has 0 saturated heterocycles. The molecule has 0 unspecified atom stereocenters. The maximum Gasteiger partial charge on any atom is 0.240 e. The van der Waals surface area contributed by atoms with Crippen LogP contribution in [0.1, 0.15) is 18.2 Å². The highest BCUT2D eigenvalue weighted by molar-refractivity contribution is 6.28. The first-order chi connectivity index (χ1) is 5.59. The Morgan fingerprint density at radius 3 is 2.46 bits per heavy atom. The topological polar surface area (TPSA) is 39.2 Å². The van der Waals surface area contributed by atoms with Crippen molar-refractivity contribution in [2.24, 2.45) is 5.73 Å². The van der Waals surface area contributed by atoms with E-state index in [1.54, 1.807) is 0 Å². The second-order valence-corrected chi connectivity index (χ2v) is 2.75. The molecule has 0 radical (unpaired) electrons. The van der Waals surface area contributed by atoms with Crippen LogP contribution in [0, 0.1) is 0 Å². The molecule has 76 valence electrons. The Labute approximate surface area is 85.4 Å². The zero-order valence-electron chi connectivity index (χ0n) is 6.54. The van der Waals surface area contributed by atoms with Gasteiger partial charge in [-0.05, 0) is 23.7 Å². The monoisotopic (exact) mass is 231 g/mol. The summed E-state index contributed by atoms with van der Waals surface area (Å²) in [6, 6.07) is 2.19. The smallest absolute Gasteiger partial charge is 0.240 e. The normalized spacial score (nSPS) is 12.7. The number of hydrogen-bond acceptors (Lipinski definition) is 2. The Bertz CT molecular complexity index is 254. The van der Waals surface area contributed by atoms with E-state index in [-0.39, 0.29) is 17.6 Å². The maximum atomic E-state index is 11.8. The minimum atomic E-state index is -2.43. The molecule has 0 saturated carbocycles. The zero-order valence-corrected chi connectivity index (χ0v) is 8.12. The maximum absolute atomic E-state index is 11.8. The first-order valence-corrected chi connectivity index (χ1v) is 3.76. The van der Waals surface area contributed by atoms with Crippen molar-refractivity contribution in [1.82, 2.24) is 0 Å². The van der Waals surface area contributed by atoms with E-state index in [1.807, 2.05) is 0 Å². The molecule has 0 aliphatic rings. The molecule has 0 aromatic carbocycles. The molecule has 0 spiro atoms. The lowest BCUT2D eigenvalue weighted by molar-refractivity contribution is 0.125. The second-order valence-electron chi connectivity index (χ2n) is 2.38. The van der Waals surface area contributed by atoms with E-state index in [2.05, 4.69) is 0 Å². The molecule has 2 N–H and O–H groups in total. The third kappa shape index (κ3) is 3.93. The molecule has 0 amide bonds. The van der Waals surface area contributed by atoms with E-state index in [0.29, 0.717) is 5.76 Å². The van der Waals surface area contributed by atoms with E-state index in [9.17, 15) is 8.78 Å². The van der Waals surface area contributed by atoms with Gasteiger partial charge in [-0.2, -0.15) is 0 Å². The first-order valence-electron chi connectivity index (χ1n) is 3.38. The van der Waals surface area contributed by atoms with Crippen LogP contribution < -0.4 is 5.73 Å². The summed E-state index contributed by atoms with van der Waals surface area (Å²) in [5, 5.41) is 0.162. The van der Waals surface area contributed by atoms with Crippen molar-refractivity contribution >= 4 is 24.0 Å². The van der Waals surface area contributed by atoms with Crippen molar-refractivity contribution in [3.8, 4) is 0 Å². The van der Waals surface area contributed by atoms with Gasteiger partial charge >= 0.3 is 0 Å². The molecule has 1 aromatic heterocycles. The van der Waals surface area contributed by atoms with Crippen molar-refractivity contribution in [2.75, 3.05) is 0 Å². The van der Waals surface area contributed by atoms with Crippen LogP contribution in [0.15, 0.2) is 16.5 Å². The largest absolute Gasteiger partial charge is 0.448 e. The summed E-state index contributed by atoms with van der Waals surface area (Å²) in [7, 11) is 0. The van der Waals surface area contributed by atoms with Gasteiger partial charge in [0, 0.05) is 6.42 Å². The van der Waals surface area contributed by atoms with Crippen LogP contribution in [0.3, 0.4) is 0 Å². The van der Waals surface area contributed by atoms with E-state index in [4.69, 9.17) is 21.8 Å². The lowest BCUT2D eigenvalue weighted by Crippen LogP contribution is -2.12. The van der Waals surface area contributed by atoms with Gasteiger partial charge in [-0.3, -0.25) is 0 Å². The highest BCUT2D eigenvalue weighted by Crippen LogP contribution is 2.22. The van der Waals surface area contributed by atoms with Crippen LogP contribution >= 0.6 is 24.0 Å². The SMILES string of the molecule is Cl.N[C@H](CC(F)F)c1ccc(Cl)o1. The molecule has 6 heteroatoms. The molecule has 1 aromatic rings. The fourth-order valence-corrected chi connectivity index (χ4v) is 0.988. The van der Waals surface area contributed by atoms with Gasteiger partial charge in [0.1, 0.15) is 5.76 Å². The summed E-state index contributed by atoms with van der Waals surface area (Å²) >= 11 is 5.43. The number of furan rings is 1. The predicted molar refractivity (Wildman–Crippen MR) is 48.5 cm³/mol. The number of hydrogen-bond donors (Lipinski definition) is 1. The lowest BCUT2D eigenvalue weighted by Gasteiger charge is -2.06. The highest BCUT2D eigenvalue weighted by atomic mass is 35.5. The predicted octanol–water partition coefficient (Wildman–Crippen LogP) is 3.01. The first kappa shape index (κ1) is 12.7. The Balaban J connectivity index is 0.00000144. The molecular formula is C7H9Cl2F2NO. The Morgan fingerprint density at radius 2 is 2.08 bits per heavy atom. The molecule has 1 rings (SSSR count). The minimum absolute atomic E-state index is 0. The minimum Gasteiger partial charge on any atom is -0.448 e. The molecule has 0 aliphatic carbocycles. The summed E-state index contributed by atoms with van der Waals surface area (Å²) in [6.07, 6.45) is -2.84. The van der Waals surface area contributed by atoms with Gasteiger partial charge in [-0.15, -0.1) is 12.4 Å². The third-order valence-electron chi connectivity index (χ3n) is 1.39. The van der Waals surface area contributed by atoms with Crippen molar-refractivity contribution in [2.45, 2.75) is 18.9 Å². The van der Waals surface area contributed by atoms with Crippen molar-refractivity contribution < 1.29 is 13.2 Å². The molecule has 0 bridgehead atoms. The van der Waals surface area contributed by atoms with Crippen LogP contribution in [0.25, 0.3) is 0 Å². The van der Waals surface area contributed by atoms with E-state index in [1.165, 1.54) is 12.1 Å². The Hall–Kier alpha value is -0.320. The fraction of sp³-hybridized carbons (Fsp3) is 0.429. The fourth-order valence-electron chi connectivity index (χ4n) is 0.836. The zero-order chi connectivity index (χ0) is 9.14. The van der Waals surface area contributed by atoms with E-state index >= 15 is 0 Å². The molecular weight excluding hydrogens is 223 g/mol. The summed E-state index contributed by atoms with van der Waals surface area (Å²) in [5.41, 5.74) is 5.38. The van der Waals surface area contributed by atoms with Gasteiger partial charge in [-0.25, -0.2) is 8.78 Å². The van der Waals surface area contributed by atoms with Crippen LogP contribution in [-0.2, 0) is 0 Å². The van der Waals surface area contributed by atoms with Crippen LogP contribution in [-0.4, -0.2) is 6.43 Å². The van der Waals surface area contributed by atoms with Crippen molar-refractivity contribution in [3.05, 3.63) is 23.1 Å². The van der Waals surface area contributed by atoms with Gasteiger partial charge in [-0.1, -0.05) is 0 Å². The molecule has 13 heavy (non-hydrogen) atoms. The van der Waals surface area contributed by atoms with Gasteiger partial charge in [0.05, 0.1) is 6.04 Å². The summed E-state index contributed by atoms with van der Waals surface area (Å²) < 4.78 is 28.5. The van der Waals surface area contributed by atoms with Gasteiger partial charge < -0.3 is 10.2 Å². The third-order valence-corrected chi connectivity index (χ3v) is 1.59. The average molecular weight is 232 g/mol. The number of halogens is 4. The molecule has 1 atom stereocenters. The lowest BCUT2D eigenvalue weighted by atomic mass is 10.2. The quantitative estimate of drug-likeness (QED) is 0.869.